The molecule has 2 aromatic carbocycles. The maximum absolute atomic E-state index is 4.15. The highest BCUT2D eigenvalue weighted by atomic mass is 14.8. The second-order valence-corrected chi connectivity index (χ2v) is 3.89. The number of H-pyrrole nitrogens is 1. The molecule has 3 rings (SSSR count). The fourth-order valence-corrected chi connectivity index (χ4v) is 2.05. The van der Waals surface area contributed by atoms with Crippen molar-refractivity contribution >= 4 is 16.6 Å². The van der Waals surface area contributed by atoms with Gasteiger partial charge in [-0.2, -0.15) is 0 Å². The van der Waals surface area contributed by atoms with Gasteiger partial charge in [-0.05, 0) is 12.1 Å². The molecule has 1 heterocycles. The molecule has 3 aromatic rings. The summed E-state index contributed by atoms with van der Waals surface area (Å²) in [6.07, 6.45) is 0. The zero-order valence-corrected chi connectivity index (χ0v) is 8.90. The Morgan fingerprint density at radius 2 is 1.50 bits per heavy atom. The van der Waals surface area contributed by atoms with Crippen molar-refractivity contribution in [2.24, 2.45) is 0 Å². The van der Waals surface area contributed by atoms with Gasteiger partial charge in [-0.25, -0.2) is 0 Å². The number of nitrogens with one attached hydrogen (secondary N) is 1. The second kappa shape index (κ2) is 3.51. The van der Waals surface area contributed by atoms with Crippen molar-refractivity contribution in [1.82, 2.24) is 4.98 Å². The van der Waals surface area contributed by atoms with Crippen LogP contribution in [0.1, 0.15) is 0 Å². The molecule has 16 heavy (non-hydrogen) atoms. The summed E-state index contributed by atoms with van der Waals surface area (Å²) in [5.41, 5.74) is 8.67. The third kappa shape index (κ3) is 1.32. The fourth-order valence-electron chi connectivity index (χ4n) is 2.05. The highest BCUT2D eigenvalue weighted by Gasteiger charge is 2.12. The molecule has 0 aliphatic rings. The summed E-state index contributed by atoms with van der Waals surface area (Å²) >= 11 is 0. The van der Waals surface area contributed by atoms with E-state index in [4.69, 9.17) is 0 Å². The number of hydrogen-bond acceptors (Lipinski definition) is 0. The third-order valence-electron chi connectivity index (χ3n) is 2.88. The third-order valence-corrected chi connectivity index (χ3v) is 2.88. The molecule has 2 heteroatoms. The van der Waals surface area contributed by atoms with E-state index in [1.165, 1.54) is 10.9 Å². The van der Waals surface area contributed by atoms with E-state index >= 15 is 0 Å². The Labute approximate surface area is 93.7 Å². The number of fused-ring (bicyclic) bond motifs is 1. The number of benzene rings is 2. The van der Waals surface area contributed by atoms with Gasteiger partial charge >= 0.3 is 0 Å². The maximum atomic E-state index is 4.15. The number of para-hydroxylation sites is 1. The SMILES string of the molecule is [NH3+]c1c(-c2ccccc2)[nH]c2ccccc12. The molecule has 2 nitrogen and oxygen atoms in total. The summed E-state index contributed by atoms with van der Waals surface area (Å²) in [6, 6.07) is 18.6. The molecular formula is C14H13N2+. The van der Waals surface area contributed by atoms with Crippen LogP contribution in [-0.2, 0) is 0 Å². The number of hydrogen-bond donors (Lipinski definition) is 2. The van der Waals surface area contributed by atoms with Crippen LogP contribution in [0.4, 0.5) is 5.69 Å². The van der Waals surface area contributed by atoms with Gasteiger partial charge in [0.05, 0.1) is 10.9 Å². The predicted molar refractivity (Wildman–Crippen MR) is 66.3 cm³/mol. The fraction of sp³-hybridized carbons (Fsp3) is 0. The quantitative estimate of drug-likeness (QED) is 0.619. The van der Waals surface area contributed by atoms with Crippen LogP contribution in [0.15, 0.2) is 54.6 Å². The van der Waals surface area contributed by atoms with Gasteiger partial charge in [0.1, 0.15) is 5.69 Å². The molecule has 0 atom stereocenters. The number of quaternary nitrogens is 1. The van der Waals surface area contributed by atoms with Gasteiger partial charge in [-0.3, -0.25) is 0 Å². The molecule has 0 radical (unpaired) electrons. The zero-order valence-electron chi connectivity index (χ0n) is 8.90. The van der Waals surface area contributed by atoms with Gasteiger partial charge in [-0.1, -0.05) is 42.5 Å². The highest BCUT2D eigenvalue weighted by Crippen LogP contribution is 2.30. The molecule has 0 aliphatic heterocycles. The number of aromatic nitrogens is 1. The Kier molecular flexibility index (Phi) is 2.01. The highest BCUT2D eigenvalue weighted by molar-refractivity contribution is 5.96. The van der Waals surface area contributed by atoms with Crippen LogP contribution >= 0.6 is 0 Å². The van der Waals surface area contributed by atoms with Crippen molar-refractivity contribution in [2.75, 3.05) is 0 Å². The number of rotatable bonds is 1. The minimum Gasteiger partial charge on any atom is -0.349 e. The molecule has 0 saturated heterocycles. The summed E-state index contributed by atoms with van der Waals surface area (Å²) in [7, 11) is 0. The first-order valence-electron chi connectivity index (χ1n) is 5.34. The molecule has 0 unspecified atom stereocenters. The molecule has 0 saturated carbocycles. The van der Waals surface area contributed by atoms with Crippen LogP contribution in [0.25, 0.3) is 22.2 Å². The minimum absolute atomic E-state index is 1.07. The summed E-state index contributed by atoms with van der Waals surface area (Å²) < 4.78 is 0. The predicted octanol–water partition coefficient (Wildman–Crippen LogP) is 2.71. The van der Waals surface area contributed by atoms with Crippen molar-refractivity contribution in [2.45, 2.75) is 0 Å². The Morgan fingerprint density at radius 1 is 0.812 bits per heavy atom. The lowest BCUT2D eigenvalue weighted by atomic mass is 10.1. The monoisotopic (exact) mass is 209 g/mol. The molecule has 0 spiro atoms. The largest absolute Gasteiger partial charge is 0.349 e. The van der Waals surface area contributed by atoms with Gasteiger partial charge in [0.25, 0.3) is 0 Å². The topological polar surface area (TPSA) is 43.4 Å². The van der Waals surface area contributed by atoms with Gasteiger partial charge < -0.3 is 10.7 Å². The first-order valence-corrected chi connectivity index (χ1v) is 5.34. The van der Waals surface area contributed by atoms with Crippen LogP contribution < -0.4 is 5.73 Å². The van der Waals surface area contributed by atoms with Crippen molar-refractivity contribution in [3.05, 3.63) is 54.6 Å². The summed E-state index contributed by atoms with van der Waals surface area (Å²) in [4.78, 5) is 3.42. The number of aromatic amines is 1. The maximum Gasteiger partial charge on any atom is 0.161 e. The molecule has 0 bridgehead atoms. The standard InChI is InChI=1S/C14H12N2/c15-13-11-8-4-5-9-12(11)16-14(13)10-6-2-1-3-7-10/h1-9,16H,15H2/p+1. The van der Waals surface area contributed by atoms with Crippen LogP contribution in [0, 0.1) is 0 Å². The van der Waals surface area contributed by atoms with Crippen LogP contribution in [0.2, 0.25) is 0 Å². The smallest absolute Gasteiger partial charge is 0.161 e. The molecule has 1 aromatic heterocycles. The van der Waals surface area contributed by atoms with E-state index < -0.39 is 0 Å². The van der Waals surface area contributed by atoms with Crippen molar-refractivity contribution in [3.8, 4) is 11.3 Å². The first kappa shape index (κ1) is 9.19. The van der Waals surface area contributed by atoms with Crippen LogP contribution in [0.3, 0.4) is 0 Å². The molecule has 78 valence electrons. The van der Waals surface area contributed by atoms with Crippen LogP contribution in [-0.4, -0.2) is 4.98 Å². The Hall–Kier alpha value is -2.06. The molecule has 0 fully saturated rings. The van der Waals surface area contributed by atoms with Gasteiger partial charge in [0, 0.05) is 5.56 Å². The average Bonchev–Trinajstić information content (AvgIpc) is 2.69. The Morgan fingerprint density at radius 3 is 2.25 bits per heavy atom. The minimum atomic E-state index is 1.07. The zero-order chi connectivity index (χ0) is 11.0. The van der Waals surface area contributed by atoms with Crippen LogP contribution in [0.5, 0.6) is 0 Å². The molecule has 4 N–H and O–H groups in total. The average molecular weight is 209 g/mol. The summed E-state index contributed by atoms with van der Waals surface area (Å²) in [5.74, 6) is 0. The van der Waals surface area contributed by atoms with E-state index in [2.05, 4.69) is 35.0 Å². The molecule has 0 aliphatic carbocycles. The van der Waals surface area contributed by atoms with E-state index in [1.54, 1.807) is 0 Å². The molecular weight excluding hydrogens is 196 g/mol. The van der Waals surface area contributed by atoms with E-state index in [0.717, 1.165) is 16.9 Å². The van der Waals surface area contributed by atoms with Gasteiger partial charge in [0.2, 0.25) is 0 Å². The first-order chi connectivity index (χ1) is 7.86. The van der Waals surface area contributed by atoms with Gasteiger partial charge in [0.15, 0.2) is 5.69 Å². The van der Waals surface area contributed by atoms with E-state index in [-0.39, 0.29) is 0 Å². The lowest BCUT2D eigenvalue weighted by molar-refractivity contribution is -0.251. The van der Waals surface area contributed by atoms with E-state index in [9.17, 15) is 0 Å². The molecule has 0 amide bonds. The van der Waals surface area contributed by atoms with E-state index in [1.807, 2.05) is 30.3 Å². The van der Waals surface area contributed by atoms with Crippen molar-refractivity contribution in [1.29, 1.82) is 0 Å². The normalized spacial score (nSPS) is 10.8. The summed E-state index contributed by atoms with van der Waals surface area (Å²) in [6.45, 7) is 0. The second-order valence-electron chi connectivity index (χ2n) is 3.89. The lowest BCUT2D eigenvalue weighted by Crippen LogP contribution is -2.40. The van der Waals surface area contributed by atoms with Crippen molar-refractivity contribution < 1.29 is 5.73 Å². The Bertz CT molecular complexity index is 624. The van der Waals surface area contributed by atoms with Crippen molar-refractivity contribution in [3.63, 3.8) is 0 Å². The Balaban J connectivity index is 2.29. The van der Waals surface area contributed by atoms with Gasteiger partial charge in [-0.15, -0.1) is 0 Å². The van der Waals surface area contributed by atoms with E-state index in [0.29, 0.717) is 0 Å². The summed E-state index contributed by atoms with van der Waals surface area (Å²) in [5, 5.41) is 1.20. The lowest BCUT2D eigenvalue weighted by Gasteiger charge is -1.96.